The van der Waals surface area contributed by atoms with Crippen molar-refractivity contribution >= 4 is 33.5 Å². The zero-order valence-corrected chi connectivity index (χ0v) is 5.10. The van der Waals surface area contributed by atoms with Crippen LogP contribution < -0.4 is 0 Å². The van der Waals surface area contributed by atoms with Crippen molar-refractivity contribution in [2.45, 2.75) is 6.92 Å². The fourth-order valence-electron chi connectivity index (χ4n) is 0.149. The smallest absolute Gasteiger partial charge is 0.397 e. The van der Waals surface area contributed by atoms with E-state index in [0.29, 0.717) is 0 Å². The second-order valence-electron chi connectivity index (χ2n) is 0.834. The highest BCUT2D eigenvalue weighted by Crippen LogP contribution is 1.81. The van der Waals surface area contributed by atoms with Crippen LogP contribution in [0.1, 0.15) is 6.92 Å². The van der Waals surface area contributed by atoms with Crippen LogP contribution in [0.5, 0.6) is 0 Å². The van der Waals surface area contributed by atoms with Crippen molar-refractivity contribution in [1.29, 1.82) is 0 Å². The summed E-state index contributed by atoms with van der Waals surface area (Å²) in [6.07, 6.45) is 0. The van der Waals surface area contributed by atoms with Crippen molar-refractivity contribution < 1.29 is 22.6 Å². The summed E-state index contributed by atoms with van der Waals surface area (Å²) < 4.78 is 30.7. The standard InChI is InChI=1S/C2H6O4S.Mg.H2O.2H/c1-2-6-7(3,4)5;;;;/h2H2,1H3,(H,3,4,5);;1H2;;. The van der Waals surface area contributed by atoms with E-state index in [0.717, 1.165) is 0 Å². The topological polar surface area (TPSA) is 95.1 Å². The maximum atomic E-state index is 9.56. The maximum Gasteiger partial charge on any atom is 0.397 e. The molecule has 0 fully saturated rings. The highest BCUT2D eigenvalue weighted by molar-refractivity contribution is 7.80. The molecule has 0 aromatic heterocycles. The lowest BCUT2D eigenvalue weighted by Gasteiger charge is -1.88. The van der Waals surface area contributed by atoms with Gasteiger partial charge in [0.2, 0.25) is 0 Å². The molecule has 0 heterocycles. The van der Waals surface area contributed by atoms with Crippen LogP contribution in [-0.2, 0) is 14.6 Å². The fourth-order valence-corrected chi connectivity index (χ4v) is 0.447. The SMILES string of the molecule is CCOS(=O)(=O)O.O.[MgH2]. The second-order valence-corrected chi connectivity index (χ2v) is 1.93. The van der Waals surface area contributed by atoms with Gasteiger partial charge in [-0.05, 0) is 6.92 Å². The van der Waals surface area contributed by atoms with Crippen molar-refractivity contribution in [3.05, 3.63) is 0 Å². The average molecular weight is 170 g/mol. The van der Waals surface area contributed by atoms with Gasteiger partial charge < -0.3 is 5.48 Å². The minimum Gasteiger partial charge on any atom is -0.412 e. The van der Waals surface area contributed by atoms with E-state index < -0.39 is 10.4 Å². The third-order valence-corrected chi connectivity index (χ3v) is 0.800. The minimum absolute atomic E-state index is 0. The van der Waals surface area contributed by atoms with E-state index in [-0.39, 0.29) is 35.1 Å². The maximum absolute atomic E-state index is 9.56. The van der Waals surface area contributed by atoms with Gasteiger partial charge >= 0.3 is 33.5 Å². The van der Waals surface area contributed by atoms with Gasteiger partial charge in [0.1, 0.15) is 0 Å². The first-order valence-electron chi connectivity index (χ1n) is 1.68. The van der Waals surface area contributed by atoms with Gasteiger partial charge in [0.25, 0.3) is 0 Å². The largest absolute Gasteiger partial charge is 0.412 e. The summed E-state index contributed by atoms with van der Waals surface area (Å²) in [4.78, 5) is 0. The molecular formula is C2H10MgO5S. The Morgan fingerprint density at radius 3 is 1.89 bits per heavy atom. The van der Waals surface area contributed by atoms with Crippen molar-refractivity contribution in [3.8, 4) is 0 Å². The first-order chi connectivity index (χ1) is 3.06. The molecule has 0 unspecified atom stereocenters. The summed E-state index contributed by atoms with van der Waals surface area (Å²) in [5, 5.41) is 0. The molecule has 0 aliphatic carbocycles. The average Bonchev–Trinajstić information content (AvgIpc) is 1.30. The molecule has 0 saturated carbocycles. The first kappa shape index (κ1) is 16.3. The van der Waals surface area contributed by atoms with Crippen molar-refractivity contribution in [2.75, 3.05) is 6.61 Å². The Morgan fingerprint density at radius 2 is 1.89 bits per heavy atom. The highest BCUT2D eigenvalue weighted by atomic mass is 32.3. The molecule has 0 saturated heterocycles. The molecule has 3 N–H and O–H groups in total. The summed E-state index contributed by atoms with van der Waals surface area (Å²) in [6.45, 7) is 1.44. The number of hydrogen-bond donors (Lipinski definition) is 1. The molecule has 5 nitrogen and oxygen atoms in total. The van der Waals surface area contributed by atoms with Crippen LogP contribution in [0.3, 0.4) is 0 Å². The van der Waals surface area contributed by atoms with Crippen LogP contribution in [-0.4, -0.2) is 48.1 Å². The fraction of sp³-hybridized carbons (Fsp3) is 1.00. The normalized spacial score (nSPS) is 9.11. The molecule has 0 rings (SSSR count). The van der Waals surface area contributed by atoms with Gasteiger partial charge in [0, 0.05) is 0 Å². The van der Waals surface area contributed by atoms with Gasteiger partial charge in [-0.2, -0.15) is 8.42 Å². The van der Waals surface area contributed by atoms with Crippen LogP contribution in [0.2, 0.25) is 0 Å². The Labute approximate surface area is 69.8 Å². The van der Waals surface area contributed by atoms with Crippen molar-refractivity contribution in [3.63, 3.8) is 0 Å². The van der Waals surface area contributed by atoms with Crippen LogP contribution in [0.15, 0.2) is 0 Å². The quantitative estimate of drug-likeness (QED) is 0.386. The van der Waals surface area contributed by atoms with Gasteiger partial charge in [-0.3, -0.25) is 4.55 Å². The molecule has 0 bridgehead atoms. The highest BCUT2D eigenvalue weighted by Gasteiger charge is 1.98. The van der Waals surface area contributed by atoms with E-state index >= 15 is 0 Å². The lowest BCUT2D eigenvalue weighted by atomic mass is 10.9. The predicted octanol–water partition coefficient (Wildman–Crippen LogP) is -1.92. The molecule has 0 amide bonds. The first-order valence-corrected chi connectivity index (χ1v) is 3.04. The second kappa shape index (κ2) is 6.71. The zero-order valence-electron chi connectivity index (χ0n) is 4.29. The molecule has 0 aliphatic rings. The van der Waals surface area contributed by atoms with E-state index in [2.05, 4.69) is 4.18 Å². The summed E-state index contributed by atoms with van der Waals surface area (Å²) in [5.74, 6) is 0. The summed E-state index contributed by atoms with van der Waals surface area (Å²) in [5.41, 5.74) is 0. The summed E-state index contributed by atoms with van der Waals surface area (Å²) in [7, 11) is -4.17. The lowest BCUT2D eigenvalue weighted by Crippen LogP contribution is -2.01. The van der Waals surface area contributed by atoms with Crippen LogP contribution >= 0.6 is 0 Å². The molecular weight excluding hydrogens is 160 g/mol. The third-order valence-electron chi connectivity index (χ3n) is 0.267. The van der Waals surface area contributed by atoms with Gasteiger partial charge in [0.15, 0.2) is 0 Å². The van der Waals surface area contributed by atoms with Crippen molar-refractivity contribution in [1.82, 2.24) is 0 Å². The van der Waals surface area contributed by atoms with E-state index in [1.165, 1.54) is 6.92 Å². The molecule has 56 valence electrons. The van der Waals surface area contributed by atoms with Gasteiger partial charge in [0.05, 0.1) is 6.61 Å². The van der Waals surface area contributed by atoms with Crippen LogP contribution in [0.4, 0.5) is 0 Å². The third kappa shape index (κ3) is 17.7. The Morgan fingerprint density at radius 1 is 1.56 bits per heavy atom. The Hall–Kier alpha value is 0.596. The molecule has 0 atom stereocenters. The molecule has 0 aliphatic heterocycles. The van der Waals surface area contributed by atoms with Gasteiger partial charge in [-0.15, -0.1) is 0 Å². The zero-order chi connectivity index (χ0) is 5.91. The number of rotatable bonds is 2. The summed E-state index contributed by atoms with van der Waals surface area (Å²) >= 11 is 0. The Kier molecular flexibility index (Phi) is 12.2. The van der Waals surface area contributed by atoms with Crippen LogP contribution in [0.25, 0.3) is 0 Å². The molecule has 7 heteroatoms. The monoisotopic (exact) mass is 170 g/mol. The minimum atomic E-state index is -4.17. The van der Waals surface area contributed by atoms with Crippen LogP contribution in [0, 0.1) is 0 Å². The molecule has 0 spiro atoms. The molecule has 9 heavy (non-hydrogen) atoms. The molecule has 0 aromatic rings. The Balaban J connectivity index is -0.000000180. The Bertz CT molecular complexity index is 128. The predicted molar refractivity (Wildman–Crippen MR) is 35.3 cm³/mol. The van der Waals surface area contributed by atoms with E-state index in [1.807, 2.05) is 0 Å². The molecule has 0 aromatic carbocycles. The lowest BCUT2D eigenvalue weighted by molar-refractivity contribution is 0.283. The van der Waals surface area contributed by atoms with Gasteiger partial charge in [-0.25, -0.2) is 4.18 Å². The molecule has 0 radical (unpaired) electrons. The van der Waals surface area contributed by atoms with Gasteiger partial charge in [-0.1, -0.05) is 0 Å². The van der Waals surface area contributed by atoms with E-state index in [1.54, 1.807) is 0 Å². The van der Waals surface area contributed by atoms with E-state index in [9.17, 15) is 8.42 Å². The number of hydrogen-bond acceptors (Lipinski definition) is 3. The van der Waals surface area contributed by atoms with Crippen molar-refractivity contribution in [2.24, 2.45) is 0 Å². The van der Waals surface area contributed by atoms with E-state index in [4.69, 9.17) is 4.55 Å². The summed E-state index contributed by atoms with van der Waals surface area (Å²) in [6, 6.07) is 0.